The zero-order valence-electron chi connectivity index (χ0n) is 8.44. The Morgan fingerprint density at radius 2 is 2.25 bits per heavy atom. The predicted molar refractivity (Wildman–Crippen MR) is 71.3 cm³/mol. The maximum absolute atomic E-state index is 10.6. The molecule has 1 aliphatic heterocycles. The zero-order valence-corrected chi connectivity index (χ0v) is 11.4. The normalized spacial score (nSPS) is 18.0. The molecule has 1 unspecified atom stereocenters. The van der Waals surface area contributed by atoms with Crippen LogP contribution in [0.5, 0.6) is 0 Å². The van der Waals surface area contributed by atoms with E-state index in [1.54, 1.807) is 0 Å². The van der Waals surface area contributed by atoms with Crippen LogP contribution >= 0.6 is 34.2 Å². The van der Waals surface area contributed by atoms with Gasteiger partial charge in [-0.25, -0.2) is 4.79 Å². The molecule has 16 heavy (non-hydrogen) atoms. The summed E-state index contributed by atoms with van der Waals surface area (Å²) in [6.45, 7) is 1.24. The monoisotopic (exact) mass is 351 g/mol. The Morgan fingerprint density at radius 1 is 1.56 bits per heavy atom. The van der Waals surface area contributed by atoms with Crippen LogP contribution in [0.2, 0.25) is 5.02 Å². The molecule has 3 nitrogen and oxygen atoms in total. The lowest BCUT2D eigenvalue weighted by Gasteiger charge is -2.40. The van der Waals surface area contributed by atoms with Crippen LogP contribution in [-0.4, -0.2) is 29.2 Å². The number of carboxylic acid groups (broad SMARTS) is 1. The third kappa shape index (κ3) is 2.43. The minimum atomic E-state index is -0.828. The number of rotatable bonds is 2. The molecular weight excluding hydrogens is 340 g/mol. The van der Waals surface area contributed by atoms with E-state index in [4.69, 9.17) is 16.7 Å². The Bertz CT molecular complexity index is 407. The summed E-state index contributed by atoms with van der Waals surface area (Å²) < 4.78 is 0.326. The number of hydrogen-bond donors (Lipinski definition) is 1. The summed E-state index contributed by atoms with van der Waals surface area (Å²) in [5.41, 5.74) is 1.17. The van der Waals surface area contributed by atoms with E-state index >= 15 is 0 Å². The van der Waals surface area contributed by atoms with Crippen molar-refractivity contribution in [3.05, 3.63) is 34.9 Å². The molecule has 0 aromatic heterocycles. The Balaban J connectivity index is 2.00. The van der Waals surface area contributed by atoms with Crippen LogP contribution in [0.4, 0.5) is 4.79 Å². The molecule has 1 aromatic rings. The molecule has 2 rings (SSSR count). The predicted octanol–water partition coefficient (Wildman–Crippen LogP) is 3.43. The second-order valence-corrected chi connectivity index (χ2v) is 5.68. The van der Waals surface area contributed by atoms with Crippen molar-refractivity contribution in [2.75, 3.05) is 13.1 Å². The molecule has 1 amide bonds. The molecule has 0 saturated carbocycles. The van der Waals surface area contributed by atoms with E-state index in [0.29, 0.717) is 22.9 Å². The third-order valence-corrected chi connectivity index (χ3v) is 4.73. The van der Waals surface area contributed by atoms with Crippen LogP contribution in [-0.2, 0) is 0 Å². The van der Waals surface area contributed by atoms with E-state index < -0.39 is 6.09 Å². The molecule has 0 radical (unpaired) electrons. The number of likely N-dealkylation sites (tertiary alicyclic amines) is 1. The Morgan fingerprint density at radius 3 is 2.81 bits per heavy atom. The smallest absolute Gasteiger partial charge is 0.407 e. The van der Waals surface area contributed by atoms with Crippen molar-refractivity contribution in [3.63, 3.8) is 0 Å². The largest absolute Gasteiger partial charge is 0.465 e. The minimum Gasteiger partial charge on any atom is -0.465 e. The van der Waals surface area contributed by atoms with E-state index in [1.165, 1.54) is 10.5 Å². The summed E-state index contributed by atoms with van der Waals surface area (Å²) in [4.78, 5) is 12.1. The third-order valence-electron chi connectivity index (χ3n) is 2.76. The highest BCUT2D eigenvalue weighted by molar-refractivity contribution is 14.1. The average Bonchev–Trinajstić information content (AvgIpc) is 2.14. The van der Waals surface area contributed by atoms with Gasteiger partial charge >= 0.3 is 6.09 Å². The maximum Gasteiger partial charge on any atom is 0.407 e. The molecule has 0 aliphatic carbocycles. The van der Waals surface area contributed by atoms with E-state index in [9.17, 15) is 4.79 Å². The second-order valence-electron chi connectivity index (χ2n) is 3.90. The fraction of sp³-hybridized carbons (Fsp3) is 0.364. The van der Waals surface area contributed by atoms with Crippen LogP contribution in [0.25, 0.3) is 0 Å². The number of amides is 1. The number of alkyl halides is 1. The van der Waals surface area contributed by atoms with E-state index in [1.807, 2.05) is 24.3 Å². The highest BCUT2D eigenvalue weighted by Crippen LogP contribution is 2.37. The molecule has 1 heterocycles. The molecule has 86 valence electrons. The van der Waals surface area contributed by atoms with Gasteiger partial charge in [-0.1, -0.05) is 46.3 Å². The fourth-order valence-corrected chi connectivity index (χ4v) is 2.85. The van der Waals surface area contributed by atoms with Gasteiger partial charge in [0.25, 0.3) is 0 Å². The molecule has 1 atom stereocenters. The maximum atomic E-state index is 10.6. The van der Waals surface area contributed by atoms with Crippen LogP contribution in [0, 0.1) is 5.92 Å². The Hall–Kier alpha value is -0.490. The fourth-order valence-electron chi connectivity index (χ4n) is 1.80. The van der Waals surface area contributed by atoms with Crippen molar-refractivity contribution >= 4 is 40.3 Å². The molecular formula is C11H11ClINO2. The van der Waals surface area contributed by atoms with Crippen LogP contribution in [0.15, 0.2) is 24.3 Å². The molecule has 1 N–H and O–H groups in total. The van der Waals surface area contributed by atoms with Crippen LogP contribution < -0.4 is 0 Å². The van der Waals surface area contributed by atoms with Gasteiger partial charge in [0, 0.05) is 28.0 Å². The zero-order chi connectivity index (χ0) is 11.7. The van der Waals surface area contributed by atoms with Gasteiger partial charge in [0.05, 0.1) is 0 Å². The van der Waals surface area contributed by atoms with E-state index in [-0.39, 0.29) is 0 Å². The molecule has 1 fully saturated rings. The number of nitrogens with zero attached hydrogens (tertiary/aromatic N) is 1. The Labute approximate surface area is 113 Å². The van der Waals surface area contributed by atoms with Gasteiger partial charge in [0.2, 0.25) is 0 Å². The van der Waals surface area contributed by atoms with E-state index in [2.05, 4.69) is 22.6 Å². The van der Waals surface area contributed by atoms with Gasteiger partial charge in [-0.3, -0.25) is 0 Å². The van der Waals surface area contributed by atoms with Gasteiger partial charge in [-0.15, -0.1) is 0 Å². The van der Waals surface area contributed by atoms with Crippen molar-refractivity contribution in [3.8, 4) is 0 Å². The lowest BCUT2D eigenvalue weighted by atomic mass is 9.92. The average molecular weight is 352 g/mol. The molecule has 0 spiro atoms. The van der Waals surface area contributed by atoms with Crippen molar-refractivity contribution in [2.45, 2.75) is 3.92 Å². The molecule has 0 bridgehead atoms. The summed E-state index contributed by atoms with van der Waals surface area (Å²) in [6.07, 6.45) is -0.828. The molecule has 5 heteroatoms. The second kappa shape index (κ2) is 4.79. The summed E-state index contributed by atoms with van der Waals surface area (Å²) in [6, 6.07) is 7.75. The minimum absolute atomic E-state index is 0.326. The number of carbonyl (C=O) groups is 1. The van der Waals surface area contributed by atoms with Gasteiger partial charge in [-0.05, 0) is 17.7 Å². The first-order chi connectivity index (χ1) is 7.58. The quantitative estimate of drug-likeness (QED) is 0.655. The molecule has 1 saturated heterocycles. The SMILES string of the molecule is O=C(O)N1CC(C(I)c2cccc(Cl)c2)C1. The van der Waals surface area contributed by atoms with E-state index in [0.717, 1.165) is 5.02 Å². The van der Waals surface area contributed by atoms with Crippen molar-refractivity contribution < 1.29 is 9.90 Å². The summed E-state index contributed by atoms with van der Waals surface area (Å²) in [5, 5.41) is 9.48. The first-order valence-electron chi connectivity index (χ1n) is 4.95. The number of hydrogen-bond acceptors (Lipinski definition) is 1. The summed E-state index contributed by atoms with van der Waals surface area (Å²) in [7, 11) is 0. The summed E-state index contributed by atoms with van der Waals surface area (Å²) in [5.74, 6) is 0.398. The lowest BCUT2D eigenvalue weighted by Crippen LogP contribution is -2.50. The van der Waals surface area contributed by atoms with Crippen LogP contribution in [0.1, 0.15) is 9.49 Å². The van der Waals surface area contributed by atoms with Gasteiger partial charge < -0.3 is 10.0 Å². The van der Waals surface area contributed by atoms with Crippen molar-refractivity contribution in [1.29, 1.82) is 0 Å². The number of halogens is 2. The highest BCUT2D eigenvalue weighted by Gasteiger charge is 2.35. The topological polar surface area (TPSA) is 40.5 Å². The standard InChI is InChI=1S/C11H11ClINO2/c12-9-3-1-2-7(4-9)10(13)8-5-14(6-8)11(15)16/h1-4,8,10H,5-6H2,(H,15,16). The van der Waals surface area contributed by atoms with Crippen molar-refractivity contribution in [2.24, 2.45) is 5.92 Å². The lowest BCUT2D eigenvalue weighted by molar-refractivity contribution is 0.0824. The number of benzene rings is 1. The molecule has 1 aliphatic rings. The molecule has 1 aromatic carbocycles. The van der Waals surface area contributed by atoms with Gasteiger partial charge in [0.15, 0.2) is 0 Å². The highest BCUT2D eigenvalue weighted by atomic mass is 127. The van der Waals surface area contributed by atoms with Crippen molar-refractivity contribution in [1.82, 2.24) is 4.90 Å². The summed E-state index contributed by atoms with van der Waals surface area (Å²) >= 11 is 8.28. The Kier molecular flexibility index (Phi) is 3.59. The van der Waals surface area contributed by atoms with Crippen LogP contribution in [0.3, 0.4) is 0 Å². The van der Waals surface area contributed by atoms with Gasteiger partial charge in [0.1, 0.15) is 0 Å². The first-order valence-corrected chi connectivity index (χ1v) is 6.57. The first kappa shape index (κ1) is 12.0. The van der Waals surface area contributed by atoms with Gasteiger partial charge in [-0.2, -0.15) is 0 Å².